The second-order valence-electron chi connectivity index (χ2n) is 4.43. The van der Waals surface area contributed by atoms with Crippen LogP contribution in [0.4, 0.5) is 0 Å². The first-order chi connectivity index (χ1) is 6.95. The topological polar surface area (TPSA) is 57.6 Å². The molecule has 1 fully saturated rings. The molecule has 4 heteroatoms. The molecule has 1 aliphatic rings. The van der Waals surface area contributed by atoms with E-state index in [-0.39, 0.29) is 18.0 Å². The Bertz CT molecular complexity index is 255. The number of likely N-dealkylation sites (tertiary alicyclic amines) is 1. The Hall–Kier alpha value is -1.06. The standard InChI is InChI=1S/C11H19NO3/c1-7-5-4-6-8(2)12(7)10(13)9(3)11(14)15/h7-9H,4-6H2,1-3H3,(H,14,15)/t7-,8+,9?. The molecule has 1 amide bonds. The molecule has 1 aliphatic heterocycles. The Balaban J connectivity index is 2.75. The van der Waals surface area contributed by atoms with Crippen molar-refractivity contribution in [1.29, 1.82) is 0 Å². The highest BCUT2D eigenvalue weighted by Gasteiger charge is 2.34. The Morgan fingerprint density at radius 3 is 2.13 bits per heavy atom. The van der Waals surface area contributed by atoms with Crippen LogP contribution in [-0.2, 0) is 9.59 Å². The van der Waals surface area contributed by atoms with E-state index in [1.807, 2.05) is 13.8 Å². The summed E-state index contributed by atoms with van der Waals surface area (Å²) in [5.74, 6) is -2.21. The first-order valence-electron chi connectivity index (χ1n) is 5.50. The molecule has 0 saturated carbocycles. The van der Waals surface area contributed by atoms with Gasteiger partial charge in [0, 0.05) is 12.1 Å². The summed E-state index contributed by atoms with van der Waals surface area (Å²) in [5.41, 5.74) is 0. The molecule has 0 aromatic rings. The van der Waals surface area contributed by atoms with Gasteiger partial charge in [0.15, 0.2) is 0 Å². The number of piperidine rings is 1. The predicted molar refractivity (Wildman–Crippen MR) is 56.4 cm³/mol. The smallest absolute Gasteiger partial charge is 0.315 e. The Kier molecular flexibility index (Phi) is 3.72. The molecule has 3 atom stereocenters. The number of hydrogen-bond donors (Lipinski definition) is 1. The SMILES string of the molecule is CC(C(=O)O)C(=O)N1[C@H](C)CCC[C@@H]1C. The van der Waals surface area contributed by atoms with E-state index in [2.05, 4.69) is 0 Å². The zero-order valence-corrected chi connectivity index (χ0v) is 9.56. The Morgan fingerprint density at radius 2 is 1.73 bits per heavy atom. The fourth-order valence-electron chi connectivity index (χ4n) is 2.18. The van der Waals surface area contributed by atoms with Gasteiger partial charge >= 0.3 is 5.97 Å². The van der Waals surface area contributed by atoms with Crippen LogP contribution in [0.2, 0.25) is 0 Å². The van der Waals surface area contributed by atoms with Crippen molar-refractivity contribution in [2.75, 3.05) is 0 Å². The minimum atomic E-state index is -1.04. The number of rotatable bonds is 2. The summed E-state index contributed by atoms with van der Waals surface area (Å²) >= 11 is 0. The van der Waals surface area contributed by atoms with Gasteiger partial charge in [-0.05, 0) is 40.0 Å². The van der Waals surface area contributed by atoms with Crippen molar-refractivity contribution in [3.8, 4) is 0 Å². The highest BCUT2D eigenvalue weighted by molar-refractivity contribution is 5.96. The maximum absolute atomic E-state index is 11.9. The van der Waals surface area contributed by atoms with Gasteiger partial charge < -0.3 is 10.0 Å². The lowest BCUT2D eigenvalue weighted by molar-refractivity contribution is -0.153. The van der Waals surface area contributed by atoms with Crippen LogP contribution in [0.5, 0.6) is 0 Å². The molecule has 1 saturated heterocycles. The van der Waals surface area contributed by atoms with Gasteiger partial charge in [-0.1, -0.05) is 0 Å². The highest BCUT2D eigenvalue weighted by atomic mass is 16.4. The molecule has 0 bridgehead atoms. The molecular weight excluding hydrogens is 194 g/mol. The van der Waals surface area contributed by atoms with Crippen LogP contribution in [0, 0.1) is 5.92 Å². The van der Waals surface area contributed by atoms with Crippen LogP contribution in [-0.4, -0.2) is 34.0 Å². The minimum Gasteiger partial charge on any atom is -0.481 e. The van der Waals surface area contributed by atoms with Crippen molar-refractivity contribution in [3.63, 3.8) is 0 Å². The van der Waals surface area contributed by atoms with Crippen molar-refractivity contribution in [2.45, 2.75) is 52.1 Å². The molecule has 0 radical (unpaired) electrons. The molecule has 4 nitrogen and oxygen atoms in total. The van der Waals surface area contributed by atoms with Gasteiger partial charge in [0.1, 0.15) is 5.92 Å². The van der Waals surface area contributed by atoms with Crippen LogP contribution in [0.1, 0.15) is 40.0 Å². The van der Waals surface area contributed by atoms with Crippen LogP contribution in [0.3, 0.4) is 0 Å². The number of carboxylic acid groups (broad SMARTS) is 1. The summed E-state index contributed by atoms with van der Waals surface area (Å²) in [6.07, 6.45) is 3.07. The Labute approximate surface area is 90.3 Å². The molecular formula is C11H19NO3. The van der Waals surface area contributed by atoms with Crippen molar-refractivity contribution < 1.29 is 14.7 Å². The number of nitrogens with zero attached hydrogens (tertiary/aromatic N) is 1. The number of carbonyl (C=O) groups is 2. The molecule has 0 aliphatic carbocycles. The van der Waals surface area contributed by atoms with Crippen LogP contribution < -0.4 is 0 Å². The van der Waals surface area contributed by atoms with E-state index in [1.165, 1.54) is 6.92 Å². The summed E-state index contributed by atoms with van der Waals surface area (Å²) in [7, 11) is 0. The third kappa shape index (κ3) is 2.49. The first kappa shape index (κ1) is 12.0. The van der Waals surface area contributed by atoms with Crippen molar-refractivity contribution in [1.82, 2.24) is 4.90 Å². The fraction of sp³-hybridized carbons (Fsp3) is 0.818. The molecule has 1 rings (SSSR count). The van der Waals surface area contributed by atoms with Crippen LogP contribution in [0.25, 0.3) is 0 Å². The van der Waals surface area contributed by atoms with Crippen molar-refractivity contribution >= 4 is 11.9 Å². The van der Waals surface area contributed by atoms with Gasteiger partial charge in [-0.2, -0.15) is 0 Å². The van der Waals surface area contributed by atoms with E-state index < -0.39 is 11.9 Å². The summed E-state index contributed by atoms with van der Waals surface area (Å²) in [5, 5.41) is 8.81. The normalized spacial score (nSPS) is 28.6. The number of hydrogen-bond acceptors (Lipinski definition) is 2. The van der Waals surface area contributed by atoms with Crippen LogP contribution in [0.15, 0.2) is 0 Å². The van der Waals surface area contributed by atoms with Gasteiger partial charge in [-0.3, -0.25) is 9.59 Å². The summed E-state index contributed by atoms with van der Waals surface area (Å²) in [6.45, 7) is 5.43. The van der Waals surface area contributed by atoms with E-state index in [9.17, 15) is 9.59 Å². The van der Waals surface area contributed by atoms with Crippen molar-refractivity contribution in [2.24, 2.45) is 5.92 Å². The lowest BCUT2D eigenvalue weighted by Gasteiger charge is -2.39. The van der Waals surface area contributed by atoms with Gasteiger partial charge in [-0.25, -0.2) is 0 Å². The fourth-order valence-corrected chi connectivity index (χ4v) is 2.18. The second-order valence-corrected chi connectivity index (χ2v) is 4.43. The van der Waals surface area contributed by atoms with E-state index in [1.54, 1.807) is 4.90 Å². The van der Waals surface area contributed by atoms with E-state index in [0.29, 0.717) is 0 Å². The minimum absolute atomic E-state index is 0.169. The third-order valence-corrected chi connectivity index (χ3v) is 3.19. The maximum atomic E-state index is 11.9. The lowest BCUT2D eigenvalue weighted by atomic mass is 9.95. The molecule has 1 N–H and O–H groups in total. The Morgan fingerprint density at radius 1 is 1.27 bits per heavy atom. The summed E-state index contributed by atoms with van der Waals surface area (Å²) in [6, 6.07) is 0.339. The molecule has 1 heterocycles. The molecule has 0 spiro atoms. The largest absolute Gasteiger partial charge is 0.481 e. The first-order valence-corrected chi connectivity index (χ1v) is 5.50. The molecule has 1 unspecified atom stereocenters. The molecule has 0 aromatic carbocycles. The summed E-state index contributed by atoms with van der Waals surface area (Å²) < 4.78 is 0. The van der Waals surface area contributed by atoms with Gasteiger partial charge in [0.05, 0.1) is 0 Å². The molecule has 15 heavy (non-hydrogen) atoms. The van der Waals surface area contributed by atoms with Gasteiger partial charge in [0.2, 0.25) is 5.91 Å². The molecule has 0 aromatic heterocycles. The third-order valence-electron chi connectivity index (χ3n) is 3.19. The number of carbonyl (C=O) groups excluding carboxylic acids is 1. The zero-order chi connectivity index (χ0) is 11.6. The number of amides is 1. The summed E-state index contributed by atoms with van der Waals surface area (Å²) in [4.78, 5) is 24.4. The quantitative estimate of drug-likeness (QED) is 0.707. The highest BCUT2D eigenvalue weighted by Crippen LogP contribution is 2.24. The van der Waals surface area contributed by atoms with Crippen molar-refractivity contribution in [3.05, 3.63) is 0 Å². The van der Waals surface area contributed by atoms with Gasteiger partial charge in [0.25, 0.3) is 0 Å². The van der Waals surface area contributed by atoms with Gasteiger partial charge in [-0.15, -0.1) is 0 Å². The van der Waals surface area contributed by atoms with Crippen LogP contribution >= 0.6 is 0 Å². The average Bonchev–Trinajstić information content (AvgIpc) is 2.15. The van der Waals surface area contributed by atoms with E-state index in [4.69, 9.17) is 5.11 Å². The lowest BCUT2D eigenvalue weighted by Crippen LogP contribution is -2.50. The number of aliphatic carboxylic acids is 1. The molecule has 86 valence electrons. The van der Waals surface area contributed by atoms with E-state index >= 15 is 0 Å². The van der Waals surface area contributed by atoms with E-state index in [0.717, 1.165) is 19.3 Å². The second kappa shape index (κ2) is 4.64. The monoisotopic (exact) mass is 213 g/mol. The average molecular weight is 213 g/mol. The maximum Gasteiger partial charge on any atom is 0.315 e. The predicted octanol–water partition coefficient (Wildman–Crippen LogP) is 1.50. The number of carboxylic acids is 1. The zero-order valence-electron chi connectivity index (χ0n) is 9.56.